The number of methoxy groups -OCH3 is 1. The van der Waals surface area contributed by atoms with Gasteiger partial charge in [0.15, 0.2) is 18.1 Å². The number of carbonyl (C=O) groups is 1. The number of amides is 1. The monoisotopic (exact) mass is 368 g/mol. The van der Waals surface area contributed by atoms with Crippen LogP contribution in [0.2, 0.25) is 10.0 Å². The van der Waals surface area contributed by atoms with Crippen molar-refractivity contribution >= 4 is 29.1 Å². The zero-order chi connectivity index (χ0) is 17.5. The maximum Gasteiger partial charge on any atom is 0.255 e. The molecule has 128 valence electrons. The summed E-state index contributed by atoms with van der Waals surface area (Å²) in [5, 5.41) is 4.36. The molecule has 7 heteroatoms. The number of ether oxygens (including phenoxy) is 2. The van der Waals surface area contributed by atoms with E-state index >= 15 is 0 Å². The van der Waals surface area contributed by atoms with Gasteiger partial charge in [0, 0.05) is 18.1 Å². The molecule has 0 aliphatic heterocycles. The summed E-state index contributed by atoms with van der Waals surface area (Å²) in [5.74, 6) is 0.157. The van der Waals surface area contributed by atoms with Gasteiger partial charge in [0.05, 0.1) is 12.1 Å². The SMILES string of the molecule is COc1cc(CNCc2ccccc2Cl)cc(Cl)c1OCC(N)=O. The molecule has 2 aromatic rings. The predicted molar refractivity (Wildman–Crippen MR) is 94.7 cm³/mol. The first-order chi connectivity index (χ1) is 11.5. The molecular weight excluding hydrogens is 351 g/mol. The summed E-state index contributed by atoms with van der Waals surface area (Å²) in [5.41, 5.74) is 7.00. The Hall–Kier alpha value is -1.95. The molecule has 2 rings (SSSR count). The molecule has 0 saturated heterocycles. The van der Waals surface area contributed by atoms with Gasteiger partial charge >= 0.3 is 0 Å². The van der Waals surface area contributed by atoms with E-state index < -0.39 is 5.91 Å². The average molecular weight is 369 g/mol. The maximum absolute atomic E-state index is 10.8. The van der Waals surface area contributed by atoms with E-state index in [-0.39, 0.29) is 6.61 Å². The fourth-order valence-electron chi connectivity index (χ4n) is 2.14. The lowest BCUT2D eigenvalue weighted by Gasteiger charge is -2.14. The van der Waals surface area contributed by atoms with Crippen molar-refractivity contribution < 1.29 is 14.3 Å². The number of halogens is 2. The fourth-order valence-corrected chi connectivity index (χ4v) is 2.63. The first-order valence-corrected chi connectivity index (χ1v) is 7.98. The van der Waals surface area contributed by atoms with E-state index in [2.05, 4.69) is 5.32 Å². The van der Waals surface area contributed by atoms with Crippen LogP contribution in [0.15, 0.2) is 36.4 Å². The Morgan fingerprint density at radius 1 is 1.17 bits per heavy atom. The summed E-state index contributed by atoms with van der Waals surface area (Å²) < 4.78 is 10.6. The smallest absolute Gasteiger partial charge is 0.255 e. The highest BCUT2D eigenvalue weighted by molar-refractivity contribution is 6.32. The third-order valence-corrected chi connectivity index (χ3v) is 3.90. The van der Waals surface area contributed by atoms with Crippen LogP contribution in [0, 0.1) is 0 Å². The number of carbonyl (C=O) groups excluding carboxylic acids is 1. The third-order valence-electron chi connectivity index (χ3n) is 3.25. The summed E-state index contributed by atoms with van der Waals surface area (Å²) >= 11 is 12.3. The zero-order valence-electron chi connectivity index (χ0n) is 13.1. The highest BCUT2D eigenvalue weighted by Gasteiger charge is 2.13. The van der Waals surface area contributed by atoms with E-state index in [1.165, 1.54) is 7.11 Å². The van der Waals surface area contributed by atoms with Crippen molar-refractivity contribution in [1.29, 1.82) is 0 Å². The quantitative estimate of drug-likeness (QED) is 0.750. The molecular formula is C17H18Cl2N2O3. The molecule has 0 heterocycles. The molecule has 3 N–H and O–H groups in total. The Bertz CT molecular complexity index is 723. The summed E-state index contributed by atoms with van der Waals surface area (Å²) in [6.07, 6.45) is 0. The molecule has 5 nitrogen and oxygen atoms in total. The number of primary amides is 1. The molecule has 2 aromatic carbocycles. The van der Waals surface area contributed by atoms with Crippen LogP contribution in [-0.2, 0) is 17.9 Å². The van der Waals surface area contributed by atoms with E-state index in [1.54, 1.807) is 12.1 Å². The molecule has 0 aliphatic rings. The highest BCUT2D eigenvalue weighted by Crippen LogP contribution is 2.36. The molecule has 1 amide bonds. The minimum Gasteiger partial charge on any atom is -0.493 e. The van der Waals surface area contributed by atoms with Gasteiger partial charge in [-0.2, -0.15) is 0 Å². The van der Waals surface area contributed by atoms with Gasteiger partial charge in [-0.1, -0.05) is 41.4 Å². The molecule has 24 heavy (non-hydrogen) atoms. The van der Waals surface area contributed by atoms with Gasteiger partial charge in [-0.05, 0) is 29.3 Å². The van der Waals surface area contributed by atoms with Crippen molar-refractivity contribution in [3.8, 4) is 11.5 Å². The van der Waals surface area contributed by atoms with E-state index in [4.69, 9.17) is 38.4 Å². The fraction of sp³-hybridized carbons (Fsp3) is 0.235. The maximum atomic E-state index is 10.8. The largest absolute Gasteiger partial charge is 0.493 e. The van der Waals surface area contributed by atoms with Crippen molar-refractivity contribution in [3.05, 3.63) is 57.6 Å². The normalized spacial score (nSPS) is 10.5. The van der Waals surface area contributed by atoms with Crippen LogP contribution < -0.4 is 20.5 Å². The van der Waals surface area contributed by atoms with Crippen molar-refractivity contribution in [2.75, 3.05) is 13.7 Å². The number of benzene rings is 2. The zero-order valence-corrected chi connectivity index (χ0v) is 14.7. The predicted octanol–water partition coefficient (Wildman–Crippen LogP) is 3.16. The lowest BCUT2D eigenvalue weighted by molar-refractivity contribution is -0.119. The van der Waals surface area contributed by atoms with Crippen LogP contribution in [0.25, 0.3) is 0 Å². The third kappa shape index (κ3) is 5.03. The number of nitrogens with one attached hydrogen (secondary N) is 1. The first kappa shape index (κ1) is 18.4. The van der Waals surface area contributed by atoms with Crippen LogP contribution in [0.1, 0.15) is 11.1 Å². The van der Waals surface area contributed by atoms with Crippen LogP contribution in [-0.4, -0.2) is 19.6 Å². The minimum atomic E-state index is -0.585. The Morgan fingerprint density at radius 2 is 1.92 bits per heavy atom. The van der Waals surface area contributed by atoms with Gasteiger partial charge in [-0.25, -0.2) is 0 Å². The van der Waals surface area contributed by atoms with Crippen molar-refractivity contribution in [1.82, 2.24) is 5.32 Å². The van der Waals surface area contributed by atoms with Crippen molar-refractivity contribution in [2.45, 2.75) is 13.1 Å². The molecule has 0 spiro atoms. The standard InChI is InChI=1S/C17H18Cl2N2O3/c1-23-15-7-11(6-14(19)17(15)24-10-16(20)22)8-21-9-12-4-2-3-5-13(12)18/h2-7,21H,8-10H2,1H3,(H2,20,22). The molecule has 0 radical (unpaired) electrons. The number of hydrogen-bond acceptors (Lipinski definition) is 4. The van der Waals surface area contributed by atoms with Crippen LogP contribution in [0.4, 0.5) is 0 Å². The molecule has 0 atom stereocenters. The van der Waals surface area contributed by atoms with Crippen LogP contribution >= 0.6 is 23.2 Å². The van der Waals surface area contributed by atoms with Gasteiger partial charge in [0.25, 0.3) is 5.91 Å². The Morgan fingerprint density at radius 3 is 2.58 bits per heavy atom. The van der Waals surface area contributed by atoms with E-state index in [1.807, 2.05) is 24.3 Å². The van der Waals surface area contributed by atoms with E-state index in [0.29, 0.717) is 29.6 Å². The van der Waals surface area contributed by atoms with Crippen LogP contribution in [0.3, 0.4) is 0 Å². The first-order valence-electron chi connectivity index (χ1n) is 7.23. The molecule has 0 aromatic heterocycles. The van der Waals surface area contributed by atoms with Gasteiger partial charge in [0.1, 0.15) is 0 Å². The Labute approximate surface area is 150 Å². The summed E-state index contributed by atoms with van der Waals surface area (Å²) in [7, 11) is 1.50. The molecule has 0 fully saturated rings. The highest BCUT2D eigenvalue weighted by atomic mass is 35.5. The van der Waals surface area contributed by atoms with Gasteiger partial charge in [0.2, 0.25) is 0 Å². The number of nitrogens with two attached hydrogens (primary N) is 1. The summed E-state index contributed by atoms with van der Waals surface area (Å²) in [6, 6.07) is 11.2. The second-order valence-electron chi connectivity index (χ2n) is 5.06. The topological polar surface area (TPSA) is 73.6 Å². The number of hydrogen-bond donors (Lipinski definition) is 2. The van der Waals surface area contributed by atoms with Crippen LogP contribution in [0.5, 0.6) is 11.5 Å². The average Bonchev–Trinajstić information content (AvgIpc) is 2.55. The van der Waals surface area contributed by atoms with E-state index in [0.717, 1.165) is 16.1 Å². The molecule has 0 aliphatic carbocycles. The lowest BCUT2D eigenvalue weighted by Crippen LogP contribution is -2.20. The van der Waals surface area contributed by atoms with Crippen molar-refractivity contribution in [2.24, 2.45) is 5.73 Å². The second kappa shape index (κ2) is 8.78. The van der Waals surface area contributed by atoms with E-state index in [9.17, 15) is 4.79 Å². The summed E-state index contributed by atoms with van der Waals surface area (Å²) in [6.45, 7) is 0.928. The molecule has 0 bridgehead atoms. The summed E-state index contributed by atoms with van der Waals surface area (Å²) in [4.78, 5) is 10.8. The van der Waals surface area contributed by atoms with Gasteiger partial charge in [-0.3, -0.25) is 4.79 Å². The van der Waals surface area contributed by atoms with Crippen molar-refractivity contribution in [3.63, 3.8) is 0 Å². The molecule has 0 unspecified atom stereocenters. The van der Waals surface area contributed by atoms with Gasteiger partial charge < -0.3 is 20.5 Å². The Balaban J connectivity index is 2.04. The second-order valence-corrected chi connectivity index (χ2v) is 5.87. The lowest BCUT2D eigenvalue weighted by atomic mass is 10.2. The molecule has 0 saturated carbocycles. The Kier molecular flexibility index (Phi) is 6.73. The van der Waals surface area contributed by atoms with Gasteiger partial charge in [-0.15, -0.1) is 0 Å². The number of rotatable bonds is 8. The minimum absolute atomic E-state index is 0.264.